The lowest BCUT2D eigenvalue weighted by atomic mass is 9.94. The SMILES string of the molecule is N#CC(C#N)=c1cc/c(=C\C2=CC=C(/C=c3\ccc(=C(C#N)C#N)s3)C(=N)C2=N)s1. The summed E-state index contributed by atoms with van der Waals surface area (Å²) in [7, 11) is 0. The van der Waals surface area contributed by atoms with E-state index in [1.165, 1.54) is 22.7 Å². The van der Waals surface area contributed by atoms with Gasteiger partial charge in [0.05, 0.1) is 20.5 Å². The van der Waals surface area contributed by atoms with Crippen LogP contribution in [-0.2, 0) is 0 Å². The van der Waals surface area contributed by atoms with Crippen LogP contribution < -0.4 is 18.1 Å². The van der Waals surface area contributed by atoms with E-state index in [1.54, 1.807) is 48.6 Å². The van der Waals surface area contributed by atoms with Gasteiger partial charge < -0.3 is 0 Å². The van der Waals surface area contributed by atoms with Crippen LogP contribution in [0.5, 0.6) is 0 Å². The summed E-state index contributed by atoms with van der Waals surface area (Å²) in [5.74, 6) is 0. The molecule has 8 heteroatoms. The second-order valence-corrected chi connectivity index (χ2v) is 8.11. The highest BCUT2D eigenvalue weighted by Crippen LogP contribution is 2.15. The summed E-state index contributed by atoms with van der Waals surface area (Å²) in [6.45, 7) is 0. The van der Waals surface area contributed by atoms with Crippen LogP contribution in [0.2, 0.25) is 0 Å². The molecule has 3 rings (SSSR count). The molecule has 2 aromatic rings. The molecule has 0 aromatic carbocycles. The maximum absolute atomic E-state index is 8.97. The molecule has 0 atom stereocenters. The third-order valence-electron chi connectivity index (χ3n) is 4.06. The molecule has 0 bridgehead atoms. The predicted molar refractivity (Wildman–Crippen MR) is 117 cm³/mol. The van der Waals surface area contributed by atoms with Gasteiger partial charge in [0, 0.05) is 20.2 Å². The van der Waals surface area contributed by atoms with Gasteiger partial charge in [0.15, 0.2) is 0 Å². The number of hydrogen-bond acceptors (Lipinski definition) is 8. The maximum Gasteiger partial charge on any atom is 0.146 e. The van der Waals surface area contributed by atoms with Crippen LogP contribution in [0.4, 0.5) is 0 Å². The summed E-state index contributed by atoms with van der Waals surface area (Å²) in [4.78, 5) is 0. The Hall–Kier alpha value is -4.34. The van der Waals surface area contributed by atoms with E-state index in [-0.39, 0.29) is 22.6 Å². The molecular formula is C22H10N6S2. The van der Waals surface area contributed by atoms with Crippen LogP contribution in [-0.4, -0.2) is 11.4 Å². The number of nitrogens with one attached hydrogen (secondary N) is 2. The first-order valence-electron chi connectivity index (χ1n) is 8.35. The second kappa shape index (κ2) is 8.78. The van der Waals surface area contributed by atoms with Gasteiger partial charge in [0.2, 0.25) is 0 Å². The zero-order valence-electron chi connectivity index (χ0n) is 15.2. The number of nitriles is 4. The standard InChI is InChI=1S/C22H10N6S2/c23-9-15(10-24)19-5-3-17(29-19)7-13-1-2-14(22(28)21(13)27)8-18-4-6-20(30-18)16(11-25)12-26/h1-8,27-28H/b17-7+,18-8+,27-21?,28-22?. The van der Waals surface area contributed by atoms with Gasteiger partial charge in [-0.2, -0.15) is 21.0 Å². The first kappa shape index (κ1) is 20.4. The van der Waals surface area contributed by atoms with Gasteiger partial charge in [0.25, 0.3) is 0 Å². The fourth-order valence-electron chi connectivity index (χ4n) is 2.58. The number of allylic oxidation sites excluding steroid dienone is 4. The molecule has 0 spiro atoms. The molecule has 2 N–H and O–H groups in total. The van der Waals surface area contributed by atoms with E-state index in [0.29, 0.717) is 20.2 Å². The fraction of sp³-hybridized carbons (Fsp3) is 0. The largest absolute Gasteiger partial charge is 0.298 e. The van der Waals surface area contributed by atoms with Crippen molar-refractivity contribution in [3.05, 3.63) is 65.7 Å². The molecule has 1 aliphatic rings. The average molecular weight is 422 g/mol. The van der Waals surface area contributed by atoms with Crippen molar-refractivity contribution < 1.29 is 0 Å². The molecule has 1 aliphatic carbocycles. The third kappa shape index (κ3) is 4.07. The van der Waals surface area contributed by atoms with Crippen LogP contribution in [0.3, 0.4) is 0 Å². The zero-order chi connectivity index (χ0) is 21.7. The van der Waals surface area contributed by atoms with Crippen LogP contribution >= 0.6 is 22.7 Å². The summed E-state index contributed by atoms with van der Waals surface area (Å²) in [6, 6.07) is 14.3. The molecule has 0 fully saturated rings. The molecule has 2 heterocycles. The van der Waals surface area contributed by atoms with Crippen molar-refractivity contribution in [1.29, 1.82) is 31.9 Å². The molecule has 140 valence electrons. The van der Waals surface area contributed by atoms with Crippen molar-refractivity contribution in [2.75, 3.05) is 0 Å². The fourth-order valence-corrected chi connectivity index (χ4v) is 4.39. The van der Waals surface area contributed by atoms with Crippen molar-refractivity contribution in [2.24, 2.45) is 0 Å². The summed E-state index contributed by atoms with van der Waals surface area (Å²) in [5.41, 5.74) is 1.30. The zero-order valence-corrected chi connectivity index (χ0v) is 16.9. The Balaban J connectivity index is 2.03. The van der Waals surface area contributed by atoms with E-state index < -0.39 is 0 Å². The lowest BCUT2D eigenvalue weighted by molar-refractivity contribution is 1.46. The van der Waals surface area contributed by atoms with Gasteiger partial charge in [-0.3, -0.25) is 10.8 Å². The number of rotatable bonds is 2. The van der Waals surface area contributed by atoms with E-state index in [1.807, 2.05) is 24.3 Å². The Morgan fingerprint density at radius 3 is 1.37 bits per heavy atom. The van der Waals surface area contributed by atoms with Crippen molar-refractivity contribution in [3.63, 3.8) is 0 Å². The smallest absolute Gasteiger partial charge is 0.146 e. The monoisotopic (exact) mass is 422 g/mol. The lowest BCUT2D eigenvalue weighted by Gasteiger charge is -2.12. The molecule has 2 aromatic heterocycles. The van der Waals surface area contributed by atoms with Crippen molar-refractivity contribution in [1.82, 2.24) is 0 Å². The van der Waals surface area contributed by atoms with Crippen LogP contribution in [0.25, 0.3) is 23.3 Å². The topological polar surface area (TPSA) is 143 Å². The Morgan fingerprint density at radius 2 is 1.03 bits per heavy atom. The van der Waals surface area contributed by atoms with E-state index in [2.05, 4.69) is 0 Å². The Morgan fingerprint density at radius 1 is 0.667 bits per heavy atom. The summed E-state index contributed by atoms with van der Waals surface area (Å²) >= 11 is 2.55. The molecule has 0 saturated carbocycles. The summed E-state index contributed by atoms with van der Waals surface area (Å²) < 4.78 is 2.68. The minimum atomic E-state index is 0.0420. The minimum absolute atomic E-state index is 0.0420. The van der Waals surface area contributed by atoms with Gasteiger partial charge in [0.1, 0.15) is 35.4 Å². The predicted octanol–water partition coefficient (Wildman–Crippen LogP) is 1.37. The first-order valence-corrected chi connectivity index (χ1v) is 9.98. The molecule has 6 nitrogen and oxygen atoms in total. The second-order valence-electron chi connectivity index (χ2n) is 5.88. The quantitative estimate of drug-likeness (QED) is 0.705. The maximum atomic E-state index is 8.97. The highest BCUT2D eigenvalue weighted by molar-refractivity contribution is 7.08. The van der Waals surface area contributed by atoms with Gasteiger partial charge in [-0.05, 0) is 36.4 Å². The van der Waals surface area contributed by atoms with Gasteiger partial charge in [-0.25, -0.2) is 0 Å². The lowest BCUT2D eigenvalue weighted by Crippen LogP contribution is -2.19. The normalized spacial score (nSPS) is 14.1. The molecule has 0 radical (unpaired) electrons. The van der Waals surface area contributed by atoms with Gasteiger partial charge in [-0.1, -0.05) is 12.2 Å². The highest BCUT2D eigenvalue weighted by atomic mass is 32.1. The number of hydrogen-bond donors (Lipinski definition) is 2. The van der Waals surface area contributed by atoms with Gasteiger partial charge in [-0.15, -0.1) is 22.7 Å². The number of nitrogens with zero attached hydrogens (tertiary/aromatic N) is 4. The van der Waals surface area contributed by atoms with Crippen LogP contribution in [0.15, 0.2) is 47.6 Å². The Bertz CT molecular complexity index is 1410. The molecule has 0 saturated heterocycles. The third-order valence-corrected chi connectivity index (χ3v) is 6.16. The minimum Gasteiger partial charge on any atom is -0.298 e. The van der Waals surface area contributed by atoms with E-state index in [9.17, 15) is 0 Å². The van der Waals surface area contributed by atoms with E-state index in [4.69, 9.17) is 31.9 Å². The molecule has 0 amide bonds. The molecular weight excluding hydrogens is 412 g/mol. The number of thiophene rings is 2. The highest BCUT2D eigenvalue weighted by Gasteiger charge is 2.16. The van der Waals surface area contributed by atoms with Crippen molar-refractivity contribution in [3.8, 4) is 24.3 Å². The van der Waals surface area contributed by atoms with E-state index in [0.717, 1.165) is 9.06 Å². The average Bonchev–Trinajstić information content (AvgIpc) is 3.40. The van der Waals surface area contributed by atoms with Crippen molar-refractivity contribution in [2.45, 2.75) is 0 Å². The molecule has 0 aliphatic heterocycles. The van der Waals surface area contributed by atoms with Crippen LogP contribution in [0, 0.1) is 56.1 Å². The Kier molecular flexibility index (Phi) is 5.97. The molecule has 30 heavy (non-hydrogen) atoms. The summed E-state index contributed by atoms with van der Waals surface area (Å²) in [5, 5.41) is 52.5. The summed E-state index contributed by atoms with van der Waals surface area (Å²) in [6.07, 6.45) is 6.97. The first-order chi connectivity index (χ1) is 14.5. The molecule has 0 unspecified atom stereocenters. The van der Waals surface area contributed by atoms with Gasteiger partial charge >= 0.3 is 0 Å². The van der Waals surface area contributed by atoms with E-state index >= 15 is 0 Å². The van der Waals surface area contributed by atoms with Crippen LogP contribution in [0.1, 0.15) is 0 Å². The van der Waals surface area contributed by atoms with Crippen molar-refractivity contribution >= 4 is 57.4 Å². The Labute approximate surface area is 179 Å².